The fourth-order valence-corrected chi connectivity index (χ4v) is 4.47. The molecule has 1 aliphatic carbocycles. The van der Waals surface area contributed by atoms with Crippen LogP contribution in [0.3, 0.4) is 0 Å². The SMILES string of the molecule is CCNC(=NCc1ncc(-c2ccc(C)cc2)o1)NC1C2CCOC2C1(C)C. The maximum absolute atomic E-state index is 5.90. The van der Waals surface area contributed by atoms with Crippen molar-refractivity contribution in [2.75, 3.05) is 13.2 Å². The van der Waals surface area contributed by atoms with Gasteiger partial charge in [0.1, 0.15) is 6.54 Å². The molecule has 6 nitrogen and oxygen atoms in total. The van der Waals surface area contributed by atoms with Gasteiger partial charge in [-0.1, -0.05) is 43.7 Å². The van der Waals surface area contributed by atoms with E-state index in [1.165, 1.54) is 5.56 Å². The van der Waals surface area contributed by atoms with Gasteiger partial charge in [-0.05, 0) is 20.3 Å². The van der Waals surface area contributed by atoms with E-state index < -0.39 is 0 Å². The van der Waals surface area contributed by atoms with Crippen LogP contribution in [0.4, 0.5) is 0 Å². The van der Waals surface area contributed by atoms with Crippen LogP contribution < -0.4 is 10.6 Å². The molecule has 6 heteroatoms. The van der Waals surface area contributed by atoms with Gasteiger partial charge in [-0.3, -0.25) is 0 Å². The molecule has 1 aromatic heterocycles. The quantitative estimate of drug-likeness (QED) is 0.612. The van der Waals surface area contributed by atoms with Gasteiger partial charge in [0.2, 0.25) is 5.89 Å². The Morgan fingerprint density at radius 1 is 1.29 bits per heavy atom. The highest BCUT2D eigenvalue weighted by Gasteiger charge is 2.59. The van der Waals surface area contributed by atoms with E-state index >= 15 is 0 Å². The zero-order valence-electron chi connectivity index (χ0n) is 17.2. The number of guanidine groups is 1. The highest BCUT2D eigenvalue weighted by molar-refractivity contribution is 5.80. The second-order valence-electron chi connectivity index (χ2n) is 8.37. The van der Waals surface area contributed by atoms with Gasteiger partial charge in [0, 0.05) is 36.1 Å². The monoisotopic (exact) mass is 382 g/mol. The molecule has 0 spiro atoms. The van der Waals surface area contributed by atoms with Gasteiger partial charge >= 0.3 is 0 Å². The van der Waals surface area contributed by atoms with Crippen molar-refractivity contribution in [1.82, 2.24) is 15.6 Å². The Morgan fingerprint density at radius 3 is 2.82 bits per heavy atom. The molecule has 2 aromatic rings. The Balaban J connectivity index is 1.43. The molecule has 28 heavy (non-hydrogen) atoms. The van der Waals surface area contributed by atoms with Crippen LogP contribution in [0.1, 0.15) is 38.6 Å². The van der Waals surface area contributed by atoms with Crippen molar-refractivity contribution >= 4 is 5.96 Å². The van der Waals surface area contributed by atoms with Gasteiger partial charge in [0.15, 0.2) is 11.7 Å². The molecule has 0 bridgehead atoms. The fraction of sp³-hybridized carbons (Fsp3) is 0.545. The summed E-state index contributed by atoms with van der Waals surface area (Å²) in [5, 5.41) is 6.96. The minimum Gasteiger partial charge on any atom is -0.439 e. The third-order valence-corrected chi connectivity index (χ3v) is 6.00. The van der Waals surface area contributed by atoms with Gasteiger partial charge in [0.25, 0.3) is 0 Å². The lowest BCUT2D eigenvalue weighted by Gasteiger charge is -2.54. The summed E-state index contributed by atoms with van der Waals surface area (Å²) in [7, 11) is 0. The van der Waals surface area contributed by atoms with Crippen LogP contribution in [0.25, 0.3) is 11.3 Å². The van der Waals surface area contributed by atoms with Crippen molar-refractivity contribution in [3.05, 3.63) is 41.9 Å². The van der Waals surface area contributed by atoms with Crippen LogP contribution in [0.2, 0.25) is 0 Å². The first-order valence-corrected chi connectivity index (χ1v) is 10.2. The normalized spacial score (nSPS) is 25.9. The largest absolute Gasteiger partial charge is 0.439 e. The lowest BCUT2D eigenvalue weighted by molar-refractivity contribution is -0.106. The Bertz CT molecular complexity index is 840. The third-order valence-electron chi connectivity index (χ3n) is 6.00. The number of ether oxygens (including phenoxy) is 1. The maximum Gasteiger partial charge on any atom is 0.216 e. The number of aryl methyl sites for hydroxylation is 1. The smallest absolute Gasteiger partial charge is 0.216 e. The van der Waals surface area contributed by atoms with Crippen LogP contribution >= 0.6 is 0 Å². The Labute approximate surface area is 166 Å². The average Bonchev–Trinajstić information content (AvgIpc) is 3.33. The summed E-state index contributed by atoms with van der Waals surface area (Å²) in [6.45, 7) is 10.8. The van der Waals surface area contributed by atoms with Crippen LogP contribution in [-0.2, 0) is 11.3 Å². The molecular weight excluding hydrogens is 352 g/mol. The second-order valence-corrected chi connectivity index (χ2v) is 8.37. The second kappa shape index (κ2) is 7.59. The van der Waals surface area contributed by atoms with Crippen molar-refractivity contribution in [2.24, 2.45) is 16.3 Å². The predicted octanol–water partition coefficient (Wildman–Crippen LogP) is 3.52. The summed E-state index contributed by atoms with van der Waals surface area (Å²) in [4.78, 5) is 9.10. The number of oxazole rings is 1. The maximum atomic E-state index is 5.90. The Morgan fingerprint density at radius 2 is 2.07 bits per heavy atom. The topological polar surface area (TPSA) is 71.7 Å². The molecule has 2 N–H and O–H groups in total. The average molecular weight is 383 g/mol. The summed E-state index contributed by atoms with van der Waals surface area (Å²) in [6.07, 6.45) is 3.24. The van der Waals surface area contributed by atoms with E-state index in [-0.39, 0.29) is 5.41 Å². The van der Waals surface area contributed by atoms with Gasteiger partial charge in [-0.25, -0.2) is 9.98 Å². The van der Waals surface area contributed by atoms with Crippen molar-refractivity contribution in [1.29, 1.82) is 0 Å². The van der Waals surface area contributed by atoms with Crippen LogP contribution in [0.15, 0.2) is 39.9 Å². The molecule has 1 aromatic carbocycles. The standard InChI is InChI=1S/C22H30N4O2/c1-5-23-21(26-19-16-10-11-27-20(16)22(19,3)4)25-13-18-24-12-17(28-18)15-8-6-14(2)7-9-15/h6-9,12,16,19-20H,5,10-11,13H2,1-4H3,(H2,23,25,26). The number of nitrogens with one attached hydrogen (secondary N) is 2. The van der Waals surface area contributed by atoms with E-state index in [2.05, 4.69) is 55.4 Å². The van der Waals surface area contributed by atoms with E-state index in [1.54, 1.807) is 6.20 Å². The van der Waals surface area contributed by atoms with Gasteiger partial charge in [-0.2, -0.15) is 0 Å². The summed E-state index contributed by atoms with van der Waals surface area (Å²) < 4.78 is 11.8. The number of hydrogen-bond donors (Lipinski definition) is 2. The highest BCUT2D eigenvalue weighted by Crippen LogP contribution is 2.52. The van der Waals surface area contributed by atoms with E-state index in [0.717, 1.165) is 36.9 Å². The third kappa shape index (κ3) is 3.53. The number of rotatable bonds is 5. The minimum absolute atomic E-state index is 0.110. The zero-order valence-corrected chi connectivity index (χ0v) is 17.2. The summed E-state index contributed by atoms with van der Waals surface area (Å²) in [5.41, 5.74) is 2.36. The molecule has 1 aliphatic heterocycles. The molecule has 2 heterocycles. The van der Waals surface area contributed by atoms with Crippen molar-refractivity contribution < 1.29 is 9.15 Å². The molecule has 3 atom stereocenters. The lowest BCUT2D eigenvalue weighted by Crippen LogP contribution is -2.67. The molecule has 1 saturated heterocycles. The number of benzene rings is 1. The highest BCUT2D eigenvalue weighted by atomic mass is 16.5. The first kappa shape index (κ1) is 19.0. The Kier molecular flexibility index (Phi) is 5.15. The van der Waals surface area contributed by atoms with E-state index in [0.29, 0.717) is 30.5 Å². The summed E-state index contributed by atoms with van der Waals surface area (Å²) in [5.74, 6) is 2.76. The molecular formula is C22H30N4O2. The molecule has 2 fully saturated rings. The Hall–Kier alpha value is -2.34. The minimum atomic E-state index is 0.110. The number of aliphatic imine (C=N–C) groups is 1. The molecule has 1 saturated carbocycles. The van der Waals surface area contributed by atoms with Gasteiger partial charge in [-0.15, -0.1) is 0 Å². The molecule has 4 rings (SSSR count). The van der Waals surface area contributed by atoms with Crippen LogP contribution in [0, 0.1) is 18.3 Å². The van der Waals surface area contributed by atoms with Crippen LogP contribution in [0.5, 0.6) is 0 Å². The fourth-order valence-electron chi connectivity index (χ4n) is 4.47. The zero-order chi connectivity index (χ0) is 19.7. The van der Waals surface area contributed by atoms with E-state index in [1.807, 2.05) is 12.1 Å². The predicted molar refractivity (Wildman–Crippen MR) is 110 cm³/mol. The molecule has 150 valence electrons. The summed E-state index contributed by atoms with van der Waals surface area (Å²) >= 11 is 0. The molecule has 0 radical (unpaired) electrons. The molecule has 3 unspecified atom stereocenters. The number of nitrogens with zero attached hydrogens (tertiary/aromatic N) is 2. The van der Waals surface area contributed by atoms with Crippen molar-refractivity contribution in [2.45, 2.75) is 52.8 Å². The number of aromatic nitrogens is 1. The summed E-state index contributed by atoms with van der Waals surface area (Å²) in [6, 6.07) is 8.61. The van der Waals surface area contributed by atoms with Gasteiger partial charge < -0.3 is 19.8 Å². The number of hydrogen-bond acceptors (Lipinski definition) is 4. The number of fused-ring (bicyclic) bond motifs is 1. The van der Waals surface area contributed by atoms with Crippen LogP contribution in [-0.4, -0.2) is 36.2 Å². The molecule has 2 aliphatic rings. The molecule has 0 amide bonds. The van der Waals surface area contributed by atoms with E-state index in [9.17, 15) is 0 Å². The first-order chi connectivity index (χ1) is 13.5. The van der Waals surface area contributed by atoms with E-state index in [4.69, 9.17) is 14.1 Å². The van der Waals surface area contributed by atoms with Crippen molar-refractivity contribution in [3.8, 4) is 11.3 Å². The first-order valence-electron chi connectivity index (χ1n) is 10.2. The van der Waals surface area contributed by atoms with Crippen molar-refractivity contribution in [3.63, 3.8) is 0 Å². The lowest BCUT2D eigenvalue weighted by atomic mass is 9.57. The van der Waals surface area contributed by atoms with Gasteiger partial charge in [0.05, 0.1) is 12.3 Å².